The van der Waals surface area contributed by atoms with Crippen LogP contribution in [0.1, 0.15) is 29.3 Å². The van der Waals surface area contributed by atoms with Crippen molar-refractivity contribution in [3.8, 4) is 10.6 Å². The predicted molar refractivity (Wildman–Crippen MR) is 104 cm³/mol. The number of carbonyl (C=O) groups is 1. The quantitative estimate of drug-likeness (QED) is 0.490. The fraction of sp³-hybridized carbons (Fsp3) is 0.263. The molecule has 0 saturated heterocycles. The molecule has 136 valence electrons. The number of carbonyl (C=O) groups excluding carboxylic acids is 1. The highest BCUT2D eigenvalue weighted by Gasteiger charge is 2.11. The second kappa shape index (κ2) is 8.64. The first kappa shape index (κ1) is 18.2. The summed E-state index contributed by atoms with van der Waals surface area (Å²) >= 11 is 1.67. The van der Waals surface area contributed by atoms with E-state index in [1.807, 2.05) is 36.7 Å². The van der Waals surface area contributed by atoms with Gasteiger partial charge in [-0.15, -0.1) is 11.3 Å². The van der Waals surface area contributed by atoms with E-state index < -0.39 is 0 Å². The van der Waals surface area contributed by atoms with Crippen LogP contribution in [0, 0.1) is 0 Å². The number of rotatable bonds is 8. The number of nitrogens with one attached hydrogen (secondary N) is 3. The summed E-state index contributed by atoms with van der Waals surface area (Å²) in [6.45, 7) is 2.51. The van der Waals surface area contributed by atoms with Crippen LogP contribution in [-0.4, -0.2) is 33.9 Å². The van der Waals surface area contributed by atoms with Crippen molar-refractivity contribution in [2.45, 2.75) is 25.9 Å². The van der Waals surface area contributed by atoms with Crippen LogP contribution in [0.15, 0.2) is 48.0 Å². The molecule has 0 aliphatic carbocycles. The fourth-order valence-corrected chi connectivity index (χ4v) is 3.32. The van der Waals surface area contributed by atoms with Gasteiger partial charge in [0, 0.05) is 23.4 Å². The minimum atomic E-state index is -0.211. The van der Waals surface area contributed by atoms with E-state index >= 15 is 0 Å². The van der Waals surface area contributed by atoms with Crippen LogP contribution in [0.3, 0.4) is 0 Å². The van der Waals surface area contributed by atoms with Gasteiger partial charge in [-0.05, 0) is 42.1 Å². The molecule has 2 aromatic heterocycles. The van der Waals surface area contributed by atoms with Crippen molar-refractivity contribution in [3.05, 3.63) is 59.1 Å². The van der Waals surface area contributed by atoms with Crippen molar-refractivity contribution in [2.75, 3.05) is 11.9 Å². The van der Waals surface area contributed by atoms with Crippen LogP contribution >= 0.6 is 11.3 Å². The van der Waals surface area contributed by atoms with Crippen molar-refractivity contribution in [2.24, 2.45) is 0 Å². The molecule has 4 N–H and O–H groups in total. The highest BCUT2D eigenvalue weighted by Crippen LogP contribution is 2.26. The first-order valence-electron chi connectivity index (χ1n) is 8.53. The van der Waals surface area contributed by atoms with Crippen LogP contribution in [0.4, 0.5) is 5.69 Å². The lowest BCUT2D eigenvalue weighted by atomic mass is 10.1. The highest BCUT2D eigenvalue weighted by atomic mass is 32.1. The van der Waals surface area contributed by atoms with Crippen LogP contribution in [-0.2, 0) is 6.54 Å². The molecule has 2 heterocycles. The summed E-state index contributed by atoms with van der Waals surface area (Å²) in [6.07, 6.45) is 2.52. The summed E-state index contributed by atoms with van der Waals surface area (Å²) in [7, 11) is 0. The molecular weight excluding hydrogens is 348 g/mol. The van der Waals surface area contributed by atoms with E-state index in [-0.39, 0.29) is 18.6 Å². The molecule has 0 bridgehead atoms. The van der Waals surface area contributed by atoms with E-state index in [1.165, 1.54) is 0 Å². The normalized spacial score (nSPS) is 11.9. The second-order valence-corrected chi connectivity index (χ2v) is 6.89. The van der Waals surface area contributed by atoms with Gasteiger partial charge in [-0.3, -0.25) is 9.89 Å². The molecule has 0 aliphatic rings. The van der Waals surface area contributed by atoms with Crippen LogP contribution in [0.25, 0.3) is 10.6 Å². The Morgan fingerprint density at radius 3 is 2.77 bits per heavy atom. The number of hydrogen-bond donors (Lipinski definition) is 4. The Labute approximate surface area is 156 Å². The fourth-order valence-electron chi connectivity index (χ4n) is 2.56. The van der Waals surface area contributed by atoms with Crippen molar-refractivity contribution in [3.63, 3.8) is 0 Å². The van der Waals surface area contributed by atoms with Gasteiger partial charge < -0.3 is 15.7 Å². The molecule has 1 atom stereocenters. The molecule has 6 nitrogen and oxygen atoms in total. The molecule has 7 heteroatoms. The number of aromatic nitrogens is 2. The topological polar surface area (TPSA) is 90.0 Å². The number of aliphatic hydroxyl groups excluding tert-OH is 1. The van der Waals surface area contributed by atoms with Gasteiger partial charge in [0.05, 0.1) is 29.4 Å². The zero-order chi connectivity index (χ0) is 18.4. The zero-order valence-corrected chi connectivity index (χ0v) is 15.3. The van der Waals surface area contributed by atoms with Gasteiger partial charge in [0.1, 0.15) is 0 Å². The number of benzene rings is 1. The largest absolute Gasteiger partial charge is 0.394 e. The third-order valence-electron chi connectivity index (χ3n) is 4.16. The first-order valence-corrected chi connectivity index (χ1v) is 9.41. The Morgan fingerprint density at radius 1 is 1.31 bits per heavy atom. The predicted octanol–water partition coefficient (Wildman–Crippen LogP) is 3.25. The molecule has 1 amide bonds. The maximum atomic E-state index is 12.2. The minimum Gasteiger partial charge on any atom is -0.394 e. The summed E-state index contributed by atoms with van der Waals surface area (Å²) in [6, 6.07) is 11.2. The van der Waals surface area contributed by atoms with Gasteiger partial charge >= 0.3 is 0 Å². The molecule has 0 spiro atoms. The SMILES string of the molecule is CCC(CO)NC(=O)c1ccc(NCc2cn[nH]c2-c2cccs2)cc1. The average Bonchev–Trinajstić information content (AvgIpc) is 3.35. The molecule has 3 aromatic rings. The van der Waals surface area contributed by atoms with Crippen molar-refractivity contribution in [1.82, 2.24) is 15.5 Å². The Balaban J connectivity index is 1.60. The molecule has 3 rings (SSSR count). The van der Waals surface area contributed by atoms with E-state index in [1.54, 1.807) is 23.5 Å². The smallest absolute Gasteiger partial charge is 0.251 e. The van der Waals surface area contributed by atoms with E-state index in [4.69, 9.17) is 0 Å². The Bertz CT molecular complexity index is 824. The average molecular weight is 370 g/mol. The number of aromatic amines is 1. The number of amides is 1. The first-order chi connectivity index (χ1) is 12.7. The zero-order valence-electron chi connectivity index (χ0n) is 14.5. The van der Waals surface area contributed by atoms with Gasteiger partial charge in [-0.1, -0.05) is 13.0 Å². The van der Waals surface area contributed by atoms with E-state index in [0.29, 0.717) is 18.5 Å². The maximum absolute atomic E-state index is 12.2. The summed E-state index contributed by atoms with van der Waals surface area (Å²) < 4.78 is 0. The Kier molecular flexibility index (Phi) is 6.04. The van der Waals surface area contributed by atoms with E-state index in [0.717, 1.165) is 21.8 Å². The lowest BCUT2D eigenvalue weighted by Gasteiger charge is -2.14. The molecule has 26 heavy (non-hydrogen) atoms. The van der Waals surface area contributed by atoms with Crippen molar-refractivity contribution < 1.29 is 9.90 Å². The molecule has 0 aliphatic heterocycles. The monoisotopic (exact) mass is 370 g/mol. The summed E-state index contributed by atoms with van der Waals surface area (Å²) in [5, 5.41) is 24.6. The molecule has 0 fully saturated rings. The highest BCUT2D eigenvalue weighted by molar-refractivity contribution is 7.13. The third kappa shape index (κ3) is 4.30. The lowest BCUT2D eigenvalue weighted by Crippen LogP contribution is -2.36. The number of hydrogen-bond acceptors (Lipinski definition) is 5. The van der Waals surface area contributed by atoms with E-state index in [9.17, 15) is 9.90 Å². The number of H-pyrrole nitrogens is 1. The number of aliphatic hydroxyl groups is 1. The van der Waals surface area contributed by atoms with E-state index in [2.05, 4.69) is 26.9 Å². The standard InChI is InChI=1S/C19H22N4O2S/c1-2-15(12-24)22-19(25)13-5-7-16(8-6-13)20-10-14-11-21-23-18(14)17-4-3-9-26-17/h3-9,11,15,20,24H,2,10,12H2,1H3,(H,21,23)(H,22,25). The van der Waals surface area contributed by atoms with Crippen LogP contribution < -0.4 is 10.6 Å². The summed E-state index contributed by atoms with van der Waals surface area (Å²) in [5.74, 6) is -0.174. The Hall–Kier alpha value is -2.64. The lowest BCUT2D eigenvalue weighted by molar-refractivity contribution is 0.0915. The number of nitrogens with zero attached hydrogens (tertiary/aromatic N) is 1. The molecule has 1 aromatic carbocycles. The number of thiophene rings is 1. The number of anilines is 1. The van der Waals surface area contributed by atoms with Crippen molar-refractivity contribution >= 4 is 22.9 Å². The van der Waals surface area contributed by atoms with Crippen molar-refractivity contribution in [1.29, 1.82) is 0 Å². The molecular formula is C19H22N4O2S. The molecule has 1 unspecified atom stereocenters. The van der Waals surface area contributed by atoms with Gasteiger partial charge in [0.15, 0.2) is 0 Å². The van der Waals surface area contributed by atoms with Crippen LogP contribution in [0.5, 0.6) is 0 Å². The maximum Gasteiger partial charge on any atom is 0.251 e. The van der Waals surface area contributed by atoms with Gasteiger partial charge in [-0.25, -0.2) is 0 Å². The van der Waals surface area contributed by atoms with Crippen LogP contribution in [0.2, 0.25) is 0 Å². The third-order valence-corrected chi connectivity index (χ3v) is 5.05. The van der Waals surface area contributed by atoms with Gasteiger partial charge in [0.2, 0.25) is 0 Å². The second-order valence-electron chi connectivity index (χ2n) is 5.94. The Morgan fingerprint density at radius 2 is 2.12 bits per heavy atom. The molecule has 0 saturated carbocycles. The van der Waals surface area contributed by atoms with Gasteiger partial charge in [0.25, 0.3) is 5.91 Å². The van der Waals surface area contributed by atoms with Gasteiger partial charge in [-0.2, -0.15) is 5.10 Å². The summed E-state index contributed by atoms with van der Waals surface area (Å²) in [5.41, 5.74) is 3.61. The molecule has 0 radical (unpaired) electrons. The minimum absolute atomic E-state index is 0.0564. The summed E-state index contributed by atoms with van der Waals surface area (Å²) in [4.78, 5) is 13.3.